The molecule has 0 saturated heterocycles. The molecule has 0 saturated carbocycles. The van der Waals surface area contributed by atoms with Crippen molar-refractivity contribution in [3.8, 4) is 0 Å². The summed E-state index contributed by atoms with van der Waals surface area (Å²) in [5, 5.41) is 3.69. The van der Waals surface area contributed by atoms with Crippen molar-refractivity contribution < 1.29 is 14.3 Å². The Morgan fingerprint density at radius 2 is 2.11 bits per heavy atom. The summed E-state index contributed by atoms with van der Waals surface area (Å²) in [6, 6.07) is 0. The Labute approximate surface area is 116 Å². The molecule has 0 aromatic heterocycles. The lowest BCUT2D eigenvalue weighted by molar-refractivity contribution is 0.0475. The summed E-state index contributed by atoms with van der Waals surface area (Å²) in [5.74, 6) is 0. The molecular formula is C15H27NO3. The molecule has 4 nitrogen and oxygen atoms in total. The molecule has 2 unspecified atom stereocenters. The molecule has 1 aliphatic carbocycles. The number of nitrogens with one attached hydrogen (secondary N) is 1. The predicted molar refractivity (Wildman–Crippen MR) is 76.2 cm³/mol. The molecule has 0 aromatic rings. The van der Waals surface area contributed by atoms with Crippen LogP contribution in [0.25, 0.3) is 0 Å². The lowest BCUT2D eigenvalue weighted by Gasteiger charge is -2.38. The molecule has 0 radical (unpaired) electrons. The third-order valence-electron chi connectivity index (χ3n) is 3.23. The van der Waals surface area contributed by atoms with Gasteiger partial charge in [0, 0.05) is 11.1 Å². The van der Waals surface area contributed by atoms with Gasteiger partial charge >= 0.3 is 6.16 Å². The zero-order valence-corrected chi connectivity index (χ0v) is 12.8. The molecule has 110 valence electrons. The molecule has 4 heteroatoms. The van der Waals surface area contributed by atoms with Crippen LogP contribution in [0.1, 0.15) is 53.4 Å². The summed E-state index contributed by atoms with van der Waals surface area (Å²) in [6.45, 7) is 8.81. The van der Waals surface area contributed by atoms with Gasteiger partial charge in [0.2, 0.25) is 0 Å². The van der Waals surface area contributed by atoms with E-state index < -0.39 is 6.16 Å². The van der Waals surface area contributed by atoms with Crippen LogP contribution in [0.2, 0.25) is 0 Å². The zero-order chi connectivity index (χ0) is 14.5. The number of ether oxygens (including phenoxy) is 2. The lowest BCUT2D eigenvalue weighted by Crippen LogP contribution is -2.52. The largest absolute Gasteiger partial charge is 0.508 e. The highest BCUT2D eigenvalue weighted by atomic mass is 16.7. The van der Waals surface area contributed by atoms with Crippen molar-refractivity contribution in [2.24, 2.45) is 0 Å². The summed E-state index contributed by atoms with van der Waals surface area (Å²) in [6.07, 6.45) is 7.17. The summed E-state index contributed by atoms with van der Waals surface area (Å²) in [4.78, 5) is 11.1. The summed E-state index contributed by atoms with van der Waals surface area (Å²) in [7, 11) is 1.33. The molecule has 1 rings (SSSR count). The fourth-order valence-electron chi connectivity index (χ4n) is 2.66. The van der Waals surface area contributed by atoms with E-state index in [1.54, 1.807) is 0 Å². The highest BCUT2D eigenvalue weighted by molar-refractivity contribution is 5.60. The van der Waals surface area contributed by atoms with Gasteiger partial charge in [-0.25, -0.2) is 4.79 Å². The maximum absolute atomic E-state index is 11.1. The number of carbonyl (C=O) groups is 1. The molecule has 0 bridgehead atoms. The van der Waals surface area contributed by atoms with E-state index in [9.17, 15) is 4.79 Å². The predicted octanol–water partition coefficient (Wildman–Crippen LogP) is 3.42. The van der Waals surface area contributed by atoms with E-state index in [4.69, 9.17) is 4.74 Å². The number of carbonyl (C=O) groups excluding carboxylic acids is 1. The highest BCUT2D eigenvalue weighted by Gasteiger charge is 2.29. The highest BCUT2D eigenvalue weighted by Crippen LogP contribution is 2.26. The van der Waals surface area contributed by atoms with Crippen LogP contribution < -0.4 is 5.32 Å². The van der Waals surface area contributed by atoms with Gasteiger partial charge in [0.15, 0.2) is 0 Å². The second-order valence-corrected chi connectivity index (χ2v) is 6.57. The number of hydrogen-bond donors (Lipinski definition) is 1. The first-order valence-corrected chi connectivity index (χ1v) is 6.95. The number of hydrogen-bond acceptors (Lipinski definition) is 4. The smallest absolute Gasteiger partial charge is 0.438 e. The van der Waals surface area contributed by atoms with E-state index in [1.165, 1.54) is 7.11 Å². The quantitative estimate of drug-likeness (QED) is 0.616. The molecule has 0 spiro atoms. The van der Waals surface area contributed by atoms with Gasteiger partial charge in [-0.05, 0) is 59.5 Å². The average Bonchev–Trinajstić information content (AvgIpc) is 2.23. The van der Waals surface area contributed by atoms with Crippen LogP contribution in [0.5, 0.6) is 0 Å². The van der Waals surface area contributed by atoms with Crippen molar-refractivity contribution >= 4 is 6.16 Å². The van der Waals surface area contributed by atoms with Gasteiger partial charge in [-0.1, -0.05) is 6.08 Å². The Hall–Kier alpha value is -1.03. The van der Waals surface area contributed by atoms with E-state index in [1.807, 2.05) is 6.08 Å². The molecule has 2 atom stereocenters. The Balaban J connectivity index is 2.60. The van der Waals surface area contributed by atoms with Gasteiger partial charge in [-0.15, -0.1) is 0 Å². The minimum atomic E-state index is -0.606. The van der Waals surface area contributed by atoms with Crippen LogP contribution in [-0.4, -0.2) is 30.4 Å². The fraction of sp³-hybridized carbons (Fsp3) is 0.800. The van der Waals surface area contributed by atoms with Gasteiger partial charge < -0.3 is 14.8 Å². The van der Waals surface area contributed by atoms with Crippen molar-refractivity contribution in [3.05, 3.63) is 12.2 Å². The Morgan fingerprint density at radius 1 is 1.42 bits per heavy atom. The molecule has 0 fully saturated rings. The minimum Gasteiger partial charge on any atom is -0.438 e. The number of rotatable bonds is 2. The maximum atomic E-state index is 11.1. The van der Waals surface area contributed by atoms with Crippen LogP contribution in [-0.2, 0) is 9.47 Å². The molecule has 0 aromatic carbocycles. The van der Waals surface area contributed by atoms with Crippen molar-refractivity contribution in [2.45, 2.75) is 70.6 Å². The van der Waals surface area contributed by atoms with E-state index in [0.29, 0.717) is 0 Å². The molecule has 0 heterocycles. The van der Waals surface area contributed by atoms with Gasteiger partial charge in [0.1, 0.15) is 6.10 Å². The zero-order valence-electron chi connectivity index (χ0n) is 12.8. The first kappa shape index (κ1) is 16.0. The van der Waals surface area contributed by atoms with E-state index >= 15 is 0 Å². The van der Waals surface area contributed by atoms with Crippen molar-refractivity contribution in [1.82, 2.24) is 5.32 Å². The first-order chi connectivity index (χ1) is 8.74. The van der Waals surface area contributed by atoms with E-state index in [-0.39, 0.29) is 17.2 Å². The van der Waals surface area contributed by atoms with Gasteiger partial charge in [-0.3, -0.25) is 0 Å². The minimum absolute atomic E-state index is 0.101. The van der Waals surface area contributed by atoms with Gasteiger partial charge in [0.05, 0.1) is 7.11 Å². The molecular weight excluding hydrogens is 242 g/mol. The van der Waals surface area contributed by atoms with Crippen molar-refractivity contribution in [2.75, 3.05) is 7.11 Å². The molecule has 0 aliphatic heterocycles. The molecule has 19 heavy (non-hydrogen) atoms. The second-order valence-electron chi connectivity index (χ2n) is 6.57. The third-order valence-corrected chi connectivity index (χ3v) is 3.23. The number of methoxy groups -OCH3 is 1. The molecule has 1 aliphatic rings. The van der Waals surface area contributed by atoms with Crippen LogP contribution in [0.3, 0.4) is 0 Å². The van der Waals surface area contributed by atoms with Gasteiger partial charge in [0.25, 0.3) is 0 Å². The summed E-state index contributed by atoms with van der Waals surface area (Å²) < 4.78 is 9.70. The SMILES string of the molecule is COC(=O)OC1/C=C/CC(C)(NC(C)(C)C)CCC1. The molecule has 1 N–H and O–H groups in total. The van der Waals surface area contributed by atoms with Gasteiger partial charge in [-0.2, -0.15) is 0 Å². The Morgan fingerprint density at radius 3 is 2.68 bits per heavy atom. The monoisotopic (exact) mass is 269 g/mol. The Kier molecular flexibility index (Phi) is 5.41. The van der Waals surface area contributed by atoms with Crippen LogP contribution in [0, 0.1) is 0 Å². The van der Waals surface area contributed by atoms with Crippen molar-refractivity contribution in [1.29, 1.82) is 0 Å². The van der Waals surface area contributed by atoms with Crippen LogP contribution >= 0.6 is 0 Å². The average molecular weight is 269 g/mol. The lowest BCUT2D eigenvalue weighted by atomic mass is 9.85. The maximum Gasteiger partial charge on any atom is 0.508 e. The van der Waals surface area contributed by atoms with Crippen LogP contribution in [0.15, 0.2) is 12.2 Å². The second kappa shape index (κ2) is 6.42. The van der Waals surface area contributed by atoms with Crippen LogP contribution in [0.4, 0.5) is 4.79 Å². The standard InChI is InChI=1S/C15H27NO3/c1-14(2,3)16-15(4)10-6-8-12(9-7-11-15)19-13(17)18-5/h6,8,12,16H,7,9-11H2,1-5H3/b8-6+. The van der Waals surface area contributed by atoms with E-state index in [0.717, 1.165) is 25.7 Å². The normalized spacial score (nSPS) is 30.1. The topological polar surface area (TPSA) is 47.6 Å². The molecule has 0 amide bonds. The summed E-state index contributed by atoms with van der Waals surface area (Å²) >= 11 is 0. The Bertz CT molecular complexity index is 333. The van der Waals surface area contributed by atoms with E-state index in [2.05, 4.69) is 43.8 Å². The van der Waals surface area contributed by atoms with Crippen molar-refractivity contribution in [3.63, 3.8) is 0 Å². The fourth-order valence-corrected chi connectivity index (χ4v) is 2.66. The first-order valence-electron chi connectivity index (χ1n) is 6.95. The third kappa shape index (κ3) is 6.10. The summed E-state index contributed by atoms with van der Waals surface area (Å²) in [5.41, 5.74) is 0.203.